The van der Waals surface area contributed by atoms with Crippen molar-refractivity contribution in [2.75, 3.05) is 18.5 Å². The van der Waals surface area contributed by atoms with Gasteiger partial charge in [-0.05, 0) is 42.7 Å². The Hall–Kier alpha value is -2.70. The molecule has 1 aliphatic rings. The summed E-state index contributed by atoms with van der Waals surface area (Å²) < 4.78 is 50.2. The van der Waals surface area contributed by atoms with E-state index in [1.165, 1.54) is 6.07 Å². The standard InChI is InChI=1S/C20H20F3NO3/c1-2-9-26-18-8-7-15(20(21,22)23)11-16(18)24-19(25)14-10-13-5-3-4-6-17(13)27-12-14/h3-8,11,14H,2,9-10,12H2,1H3,(H,24,25). The lowest BCUT2D eigenvalue weighted by Crippen LogP contribution is -2.32. The smallest absolute Gasteiger partial charge is 0.416 e. The highest BCUT2D eigenvalue weighted by molar-refractivity contribution is 5.94. The van der Waals surface area contributed by atoms with Crippen LogP contribution in [0.3, 0.4) is 0 Å². The van der Waals surface area contributed by atoms with Crippen molar-refractivity contribution in [3.63, 3.8) is 0 Å². The number of hydrogen-bond donors (Lipinski definition) is 1. The minimum absolute atomic E-state index is 0.0159. The molecule has 0 spiro atoms. The van der Waals surface area contributed by atoms with Gasteiger partial charge in [-0.15, -0.1) is 0 Å². The summed E-state index contributed by atoms with van der Waals surface area (Å²) in [7, 11) is 0. The largest absolute Gasteiger partial charge is 0.492 e. The molecule has 4 nitrogen and oxygen atoms in total. The van der Waals surface area contributed by atoms with Crippen molar-refractivity contribution in [3.05, 3.63) is 53.6 Å². The van der Waals surface area contributed by atoms with E-state index in [1.54, 1.807) is 0 Å². The SMILES string of the molecule is CCCOc1ccc(C(F)(F)F)cc1NC(=O)C1COc2ccccc2C1. The first kappa shape index (κ1) is 19.1. The van der Waals surface area contributed by atoms with Crippen LogP contribution < -0.4 is 14.8 Å². The summed E-state index contributed by atoms with van der Waals surface area (Å²) in [5.74, 6) is 0.0570. The molecule has 0 fully saturated rings. The van der Waals surface area contributed by atoms with E-state index in [1.807, 2.05) is 31.2 Å². The average Bonchev–Trinajstić information content (AvgIpc) is 2.65. The van der Waals surface area contributed by atoms with Crippen LogP contribution in [0.5, 0.6) is 11.5 Å². The summed E-state index contributed by atoms with van der Waals surface area (Å²) in [6.07, 6.45) is -3.34. The van der Waals surface area contributed by atoms with Crippen LogP contribution in [-0.4, -0.2) is 19.1 Å². The number of amides is 1. The van der Waals surface area contributed by atoms with Gasteiger partial charge in [0, 0.05) is 0 Å². The first-order valence-corrected chi connectivity index (χ1v) is 8.74. The molecule has 1 heterocycles. The number of rotatable bonds is 5. The quantitative estimate of drug-likeness (QED) is 0.820. The molecule has 1 N–H and O–H groups in total. The number of anilines is 1. The molecule has 0 aromatic heterocycles. The number of nitrogens with one attached hydrogen (secondary N) is 1. The van der Waals surface area contributed by atoms with E-state index >= 15 is 0 Å². The van der Waals surface area contributed by atoms with E-state index < -0.39 is 23.6 Å². The molecule has 1 amide bonds. The van der Waals surface area contributed by atoms with Gasteiger partial charge in [-0.1, -0.05) is 25.1 Å². The van der Waals surface area contributed by atoms with E-state index in [9.17, 15) is 18.0 Å². The van der Waals surface area contributed by atoms with Crippen molar-refractivity contribution in [3.8, 4) is 11.5 Å². The number of hydrogen-bond acceptors (Lipinski definition) is 3. The van der Waals surface area contributed by atoms with Crippen molar-refractivity contribution in [2.45, 2.75) is 25.9 Å². The third kappa shape index (κ3) is 4.53. The van der Waals surface area contributed by atoms with Gasteiger partial charge in [0.1, 0.15) is 18.1 Å². The lowest BCUT2D eigenvalue weighted by molar-refractivity contribution is -0.137. The monoisotopic (exact) mass is 379 g/mol. The Kier molecular flexibility index (Phi) is 5.58. The summed E-state index contributed by atoms with van der Waals surface area (Å²) in [5.41, 5.74) is 0.0735. The highest BCUT2D eigenvalue weighted by Gasteiger charge is 2.32. The number of alkyl halides is 3. The molecule has 1 aliphatic heterocycles. The summed E-state index contributed by atoms with van der Waals surface area (Å²) in [4.78, 5) is 12.6. The fraction of sp³-hybridized carbons (Fsp3) is 0.350. The zero-order valence-electron chi connectivity index (χ0n) is 14.8. The summed E-state index contributed by atoms with van der Waals surface area (Å²) in [6, 6.07) is 10.5. The lowest BCUT2D eigenvalue weighted by atomic mass is 9.96. The van der Waals surface area contributed by atoms with E-state index in [2.05, 4.69) is 5.32 Å². The fourth-order valence-corrected chi connectivity index (χ4v) is 2.87. The maximum absolute atomic E-state index is 13.0. The molecule has 0 saturated carbocycles. The van der Waals surface area contributed by atoms with Gasteiger partial charge in [0.05, 0.1) is 23.8 Å². The Morgan fingerprint density at radius 3 is 2.78 bits per heavy atom. The fourth-order valence-electron chi connectivity index (χ4n) is 2.87. The third-order valence-electron chi connectivity index (χ3n) is 4.28. The topological polar surface area (TPSA) is 47.6 Å². The van der Waals surface area contributed by atoms with Crippen molar-refractivity contribution in [2.24, 2.45) is 5.92 Å². The number of carbonyl (C=O) groups excluding carboxylic acids is 1. The Morgan fingerprint density at radius 2 is 2.04 bits per heavy atom. The van der Waals surface area contributed by atoms with Crippen molar-refractivity contribution in [1.29, 1.82) is 0 Å². The first-order valence-electron chi connectivity index (χ1n) is 8.74. The lowest BCUT2D eigenvalue weighted by Gasteiger charge is -2.25. The number of halogens is 3. The Balaban J connectivity index is 1.79. The van der Waals surface area contributed by atoms with Crippen LogP contribution >= 0.6 is 0 Å². The molecular formula is C20H20F3NO3. The Labute approximate surface area is 155 Å². The zero-order chi connectivity index (χ0) is 19.4. The maximum Gasteiger partial charge on any atom is 0.416 e. The van der Waals surface area contributed by atoms with Gasteiger partial charge < -0.3 is 14.8 Å². The molecule has 3 rings (SSSR count). The van der Waals surface area contributed by atoms with Crippen LogP contribution in [0.4, 0.5) is 18.9 Å². The molecule has 0 bridgehead atoms. The number of ether oxygens (including phenoxy) is 2. The van der Waals surface area contributed by atoms with Crippen LogP contribution in [0.15, 0.2) is 42.5 Å². The molecule has 1 unspecified atom stereocenters. The molecule has 0 radical (unpaired) electrons. The number of para-hydroxylation sites is 1. The number of fused-ring (bicyclic) bond motifs is 1. The van der Waals surface area contributed by atoms with Crippen molar-refractivity contribution >= 4 is 11.6 Å². The first-order chi connectivity index (χ1) is 12.9. The molecule has 27 heavy (non-hydrogen) atoms. The highest BCUT2D eigenvalue weighted by atomic mass is 19.4. The van der Waals surface area contributed by atoms with E-state index in [0.717, 1.165) is 23.4 Å². The predicted molar refractivity (Wildman–Crippen MR) is 95.0 cm³/mol. The third-order valence-corrected chi connectivity index (χ3v) is 4.28. The van der Waals surface area contributed by atoms with E-state index in [0.29, 0.717) is 19.4 Å². The van der Waals surface area contributed by atoms with Crippen LogP contribution in [-0.2, 0) is 17.4 Å². The second-order valence-corrected chi connectivity index (χ2v) is 6.37. The van der Waals surface area contributed by atoms with Crippen LogP contribution in [0.1, 0.15) is 24.5 Å². The molecule has 2 aromatic carbocycles. The summed E-state index contributed by atoms with van der Waals surface area (Å²) in [5, 5.41) is 2.59. The summed E-state index contributed by atoms with van der Waals surface area (Å²) >= 11 is 0. The number of carbonyl (C=O) groups is 1. The van der Waals surface area contributed by atoms with Gasteiger partial charge in [-0.3, -0.25) is 4.79 Å². The van der Waals surface area contributed by atoms with Gasteiger partial charge in [0.2, 0.25) is 5.91 Å². The van der Waals surface area contributed by atoms with Crippen LogP contribution in [0.25, 0.3) is 0 Å². The second kappa shape index (κ2) is 7.90. The minimum atomic E-state index is -4.50. The van der Waals surface area contributed by atoms with Gasteiger partial charge >= 0.3 is 6.18 Å². The van der Waals surface area contributed by atoms with E-state index in [4.69, 9.17) is 9.47 Å². The van der Waals surface area contributed by atoms with Crippen molar-refractivity contribution in [1.82, 2.24) is 0 Å². The molecule has 0 saturated heterocycles. The maximum atomic E-state index is 13.0. The van der Waals surface area contributed by atoms with Gasteiger partial charge in [-0.2, -0.15) is 13.2 Å². The van der Waals surface area contributed by atoms with Gasteiger partial charge in [-0.25, -0.2) is 0 Å². The molecule has 144 valence electrons. The Bertz CT molecular complexity index is 820. The summed E-state index contributed by atoms with van der Waals surface area (Å²) in [6.45, 7) is 2.40. The Morgan fingerprint density at radius 1 is 1.26 bits per heavy atom. The van der Waals surface area contributed by atoms with Crippen LogP contribution in [0.2, 0.25) is 0 Å². The molecule has 7 heteroatoms. The minimum Gasteiger partial charge on any atom is -0.492 e. The van der Waals surface area contributed by atoms with Crippen molar-refractivity contribution < 1.29 is 27.4 Å². The molecule has 1 atom stereocenters. The molecule has 0 aliphatic carbocycles. The van der Waals surface area contributed by atoms with Gasteiger partial charge in [0.15, 0.2) is 0 Å². The van der Waals surface area contributed by atoms with Gasteiger partial charge in [0.25, 0.3) is 0 Å². The number of benzene rings is 2. The second-order valence-electron chi connectivity index (χ2n) is 6.37. The molecule has 2 aromatic rings. The normalized spacial score (nSPS) is 16.2. The predicted octanol–water partition coefficient (Wildman–Crippen LogP) is 4.68. The van der Waals surface area contributed by atoms with Crippen LogP contribution in [0, 0.1) is 5.92 Å². The highest BCUT2D eigenvalue weighted by Crippen LogP contribution is 2.36. The zero-order valence-corrected chi connectivity index (χ0v) is 14.8. The molecular weight excluding hydrogens is 359 g/mol. The average molecular weight is 379 g/mol. The van der Waals surface area contributed by atoms with E-state index in [-0.39, 0.29) is 18.0 Å².